The monoisotopic (exact) mass is 277 g/mol. The maximum Gasteiger partial charge on any atom is 0.183 e. The fourth-order valence-electron chi connectivity index (χ4n) is 1.09. The molecule has 16 heavy (non-hydrogen) atoms. The first-order valence-corrected chi connectivity index (χ1v) is 5.91. The Morgan fingerprint density at radius 3 is 2.88 bits per heavy atom. The van der Waals surface area contributed by atoms with E-state index < -0.39 is 5.82 Å². The van der Waals surface area contributed by atoms with E-state index in [0.717, 1.165) is 4.88 Å². The first-order valence-electron chi connectivity index (χ1n) is 4.34. The molecular formula is C10H6Cl2FNOS. The second-order valence-electron chi connectivity index (χ2n) is 2.92. The van der Waals surface area contributed by atoms with Crippen LogP contribution >= 0.6 is 34.5 Å². The van der Waals surface area contributed by atoms with Gasteiger partial charge >= 0.3 is 0 Å². The molecule has 0 spiro atoms. The Labute approximate surface area is 106 Å². The lowest BCUT2D eigenvalue weighted by molar-refractivity contribution is 0.293. The van der Waals surface area contributed by atoms with Gasteiger partial charge in [0.15, 0.2) is 16.0 Å². The van der Waals surface area contributed by atoms with Crippen molar-refractivity contribution in [2.75, 3.05) is 0 Å². The van der Waals surface area contributed by atoms with Gasteiger partial charge < -0.3 is 4.74 Å². The van der Waals surface area contributed by atoms with Crippen molar-refractivity contribution in [2.45, 2.75) is 6.61 Å². The molecular weight excluding hydrogens is 272 g/mol. The molecule has 0 aliphatic heterocycles. The number of hydrogen-bond donors (Lipinski definition) is 0. The van der Waals surface area contributed by atoms with E-state index in [9.17, 15) is 4.39 Å². The minimum atomic E-state index is -0.556. The van der Waals surface area contributed by atoms with Crippen molar-refractivity contribution in [1.29, 1.82) is 0 Å². The third-order valence-corrected chi connectivity index (χ3v) is 3.19. The molecule has 2 rings (SSSR count). The summed E-state index contributed by atoms with van der Waals surface area (Å²) < 4.78 is 19.1. The second kappa shape index (κ2) is 4.99. The van der Waals surface area contributed by atoms with Gasteiger partial charge in [0.05, 0.1) is 9.90 Å². The molecule has 2 aromatic rings. The van der Waals surface area contributed by atoms with Crippen LogP contribution in [0.25, 0.3) is 0 Å². The number of thiazole rings is 1. The predicted octanol–water partition coefficient (Wildman–Crippen LogP) is 4.17. The highest BCUT2D eigenvalue weighted by Crippen LogP contribution is 2.26. The summed E-state index contributed by atoms with van der Waals surface area (Å²) in [5, 5.41) is 0.0415. The summed E-state index contributed by atoms with van der Waals surface area (Å²) >= 11 is 12.6. The van der Waals surface area contributed by atoms with Gasteiger partial charge in [-0.3, -0.25) is 0 Å². The van der Waals surface area contributed by atoms with Gasteiger partial charge in [0.2, 0.25) is 0 Å². The number of ether oxygens (including phenoxy) is 1. The van der Waals surface area contributed by atoms with Gasteiger partial charge in [-0.1, -0.05) is 29.3 Å². The molecule has 1 aromatic heterocycles. The largest absolute Gasteiger partial charge is 0.485 e. The van der Waals surface area contributed by atoms with E-state index >= 15 is 0 Å². The zero-order valence-corrected chi connectivity index (χ0v) is 10.2. The molecule has 84 valence electrons. The van der Waals surface area contributed by atoms with Gasteiger partial charge in [0.25, 0.3) is 0 Å². The minimum absolute atomic E-state index is 0.0415. The highest BCUT2D eigenvalue weighted by molar-refractivity contribution is 7.15. The van der Waals surface area contributed by atoms with E-state index in [1.807, 2.05) is 0 Å². The summed E-state index contributed by atoms with van der Waals surface area (Å²) in [7, 11) is 0. The first-order chi connectivity index (χ1) is 7.66. The van der Waals surface area contributed by atoms with Crippen molar-refractivity contribution in [3.63, 3.8) is 0 Å². The summed E-state index contributed by atoms with van der Waals surface area (Å²) in [5.41, 5.74) is 0. The summed E-state index contributed by atoms with van der Waals surface area (Å²) in [4.78, 5) is 4.68. The Kier molecular flexibility index (Phi) is 3.63. The Bertz CT molecular complexity index is 503. The van der Waals surface area contributed by atoms with Crippen molar-refractivity contribution >= 4 is 34.5 Å². The fourth-order valence-corrected chi connectivity index (χ4v) is 2.15. The lowest BCUT2D eigenvalue weighted by Crippen LogP contribution is -1.95. The van der Waals surface area contributed by atoms with Gasteiger partial charge in [-0.2, -0.15) is 0 Å². The molecule has 2 nitrogen and oxygen atoms in total. The molecule has 6 heteroatoms. The average molecular weight is 278 g/mol. The van der Waals surface area contributed by atoms with Crippen molar-refractivity contribution in [2.24, 2.45) is 0 Å². The molecule has 1 heterocycles. The van der Waals surface area contributed by atoms with Gasteiger partial charge in [0, 0.05) is 6.20 Å². The van der Waals surface area contributed by atoms with E-state index in [-0.39, 0.29) is 17.4 Å². The van der Waals surface area contributed by atoms with Crippen molar-refractivity contribution in [1.82, 2.24) is 4.98 Å². The number of aromatic nitrogens is 1. The van der Waals surface area contributed by atoms with E-state index in [1.54, 1.807) is 12.3 Å². The number of hydrogen-bond acceptors (Lipinski definition) is 3. The van der Waals surface area contributed by atoms with Crippen molar-refractivity contribution < 1.29 is 9.13 Å². The van der Waals surface area contributed by atoms with Crippen LogP contribution < -0.4 is 4.74 Å². The number of rotatable bonds is 3. The standard InChI is InChI=1S/C10H6Cl2FNOS/c11-7-2-1-3-8(9(7)13)15-5-6-4-14-10(12)16-6/h1-4H,5H2. The molecule has 0 fully saturated rings. The van der Waals surface area contributed by atoms with Crippen LogP contribution in [-0.2, 0) is 6.61 Å². The third kappa shape index (κ3) is 2.64. The summed E-state index contributed by atoms with van der Waals surface area (Å²) in [6, 6.07) is 4.61. The molecule has 1 aromatic carbocycles. The van der Waals surface area contributed by atoms with Crippen LogP contribution in [0.2, 0.25) is 9.49 Å². The molecule has 0 bridgehead atoms. The highest BCUT2D eigenvalue weighted by atomic mass is 35.5. The normalized spacial score (nSPS) is 10.4. The minimum Gasteiger partial charge on any atom is -0.485 e. The van der Waals surface area contributed by atoms with Gasteiger partial charge in [-0.15, -0.1) is 11.3 Å². The average Bonchev–Trinajstić information content (AvgIpc) is 2.67. The van der Waals surface area contributed by atoms with E-state index in [1.165, 1.54) is 23.5 Å². The van der Waals surface area contributed by atoms with Crippen LogP contribution in [0.15, 0.2) is 24.4 Å². The van der Waals surface area contributed by atoms with Crippen LogP contribution in [0, 0.1) is 5.82 Å². The van der Waals surface area contributed by atoms with Crippen LogP contribution in [0.1, 0.15) is 4.88 Å². The van der Waals surface area contributed by atoms with Crippen molar-refractivity contribution in [3.05, 3.63) is 44.6 Å². The summed E-state index contributed by atoms with van der Waals surface area (Å²) in [6.07, 6.45) is 1.59. The number of halogens is 3. The first kappa shape index (κ1) is 11.6. The molecule has 0 atom stereocenters. The van der Waals surface area contributed by atoms with Crippen LogP contribution in [-0.4, -0.2) is 4.98 Å². The maximum absolute atomic E-state index is 13.4. The molecule has 0 N–H and O–H groups in total. The molecule has 0 amide bonds. The number of nitrogens with zero attached hydrogens (tertiary/aromatic N) is 1. The lowest BCUT2D eigenvalue weighted by atomic mass is 10.3. The fraction of sp³-hybridized carbons (Fsp3) is 0.100. The smallest absolute Gasteiger partial charge is 0.183 e. The van der Waals surface area contributed by atoms with E-state index in [0.29, 0.717) is 4.47 Å². The second-order valence-corrected chi connectivity index (χ2v) is 5.02. The Morgan fingerprint density at radius 2 is 2.19 bits per heavy atom. The third-order valence-electron chi connectivity index (χ3n) is 1.81. The zero-order chi connectivity index (χ0) is 11.5. The quantitative estimate of drug-likeness (QED) is 0.840. The zero-order valence-electron chi connectivity index (χ0n) is 7.91. The molecule has 0 saturated carbocycles. The molecule has 0 unspecified atom stereocenters. The molecule has 0 aliphatic carbocycles. The summed E-state index contributed by atoms with van der Waals surface area (Å²) in [5.74, 6) is -0.434. The van der Waals surface area contributed by atoms with Gasteiger partial charge in [0.1, 0.15) is 6.61 Å². The van der Waals surface area contributed by atoms with Crippen molar-refractivity contribution in [3.8, 4) is 5.75 Å². The van der Waals surface area contributed by atoms with Crippen LogP contribution in [0.4, 0.5) is 4.39 Å². The van der Waals surface area contributed by atoms with Crippen LogP contribution in [0.3, 0.4) is 0 Å². The maximum atomic E-state index is 13.4. The molecule has 0 saturated heterocycles. The summed E-state index contributed by atoms with van der Waals surface area (Å²) in [6.45, 7) is 0.224. The topological polar surface area (TPSA) is 22.1 Å². The van der Waals surface area contributed by atoms with E-state index in [2.05, 4.69) is 4.98 Å². The van der Waals surface area contributed by atoms with E-state index in [4.69, 9.17) is 27.9 Å². The molecule has 0 radical (unpaired) electrons. The Morgan fingerprint density at radius 1 is 1.38 bits per heavy atom. The number of benzene rings is 1. The lowest BCUT2D eigenvalue weighted by Gasteiger charge is -2.05. The predicted molar refractivity (Wildman–Crippen MR) is 62.9 cm³/mol. The van der Waals surface area contributed by atoms with Crippen LogP contribution in [0.5, 0.6) is 5.75 Å². The van der Waals surface area contributed by atoms with Gasteiger partial charge in [-0.05, 0) is 12.1 Å². The Hall–Kier alpha value is -0.840. The van der Waals surface area contributed by atoms with Gasteiger partial charge in [-0.25, -0.2) is 9.37 Å². The highest BCUT2D eigenvalue weighted by Gasteiger charge is 2.08. The SMILES string of the molecule is Fc1c(Cl)cccc1OCc1cnc(Cl)s1. The molecule has 0 aliphatic rings. The Balaban J connectivity index is 2.07.